The molecule has 2 aromatic carbocycles. The summed E-state index contributed by atoms with van der Waals surface area (Å²) in [6, 6.07) is 6.08. The fourth-order valence-electron chi connectivity index (χ4n) is 6.82. The average Bonchev–Trinajstić information content (AvgIpc) is 3.99. The second-order valence-corrected chi connectivity index (χ2v) is 22.0. The van der Waals surface area contributed by atoms with Crippen LogP contribution in [0.1, 0.15) is 145 Å². The molecule has 5 rings (SSSR count). The molecule has 0 aliphatic carbocycles. The van der Waals surface area contributed by atoms with Gasteiger partial charge in [-0.2, -0.15) is 15.3 Å². The molecule has 0 bridgehead atoms. The first-order valence-electron chi connectivity index (χ1n) is 25.7. The van der Waals surface area contributed by atoms with Gasteiger partial charge in [0.05, 0.1) is 36.6 Å². The van der Waals surface area contributed by atoms with Crippen LogP contribution in [0.3, 0.4) is 0 Å². The first-order valence-corrected chi connectivity index (χ1v) is 25.7. The largest absolute Gasteiger partial charge is 0.473 e. The SMILES string of the molecule is CC(C)CCN1N=C(CN(C)C(=O)OC(C)(C)C)CC1=O.CC(C)CCn1nc(CN(C)C(=O)OC(C)(C)C)cc1OCc1cc(F)c(F)cc1F.CCCc1cc(OCc2cc(F)c(F)cc2F)n(CCC(C)C)n1.Cl. The number of aromatic nitrogens is 4. The third-order valence-corrected chi connectivity index (χ3v) is 10.9. The Labute approximate surface area is 457 Å². The van der Waals surface area contributed by atoms with Crippen molar-refractivity contribution in [2.45, 2.75) is 173 Å². The zero-order valence-electron chi connectivity index (χ0n) is 47.5. The summed E-state index contributed by atoms with van der Waals surface area (Å²) < 4.78 is 106. The molecule has 15 nitrogen and oxygen atoms in total. The summed E-state index contributed by atoms with van der Waals surface area (Å²) in [6.45, 7) is 27.4. The quantitative estimate of drug-likeness (QED) is 0.0588. The molecule has 0 N–H and O–H groups in total. The summed E-state index contributed by atoms with van der Waals surface area (Å²) in [6.07, 6.45) is 3.84. The van der Waals surface area contributed by atoms with Crippen LogP contribution in [-0.4, -0.2) is 96.6 Å². The van der Waals surface area contributed by atoms with Crippen molar-refractivity contribution >= 4 is 36.2 Å². The molecule has 0 unspecified atom stereocenters. The summed E-state index contributed by atoms with van der Waals surface area (Å²) in [4.78, 5) is 38.8. The van der Waals surface area contributed by atoms with Crippen molar-refractivity contribution in [2.75, 3.05) is 27.2 Å². The van der Waals surface area contributed by atoms with E-state index in [1.54, 1.807) is 50.3 Å². The Morgan fingerprint density at radius 1 is 0.597 bits per heavy atom. The van der Waals surface area contributed by atoms with Gasteiger partial charge in [0.25, 0.3) is 0 Å². The predicted octanol–water partition coefficient (Wildman–Crippen LogP) is 13.1. The first kappa shape index (κ1) is 67.1. The maximum atomic E-state index is 13.9. The number of carbonyl (C=O) groups excluding carboxylic acids is 3. The van der Waals surface area contributed by atoms with Gasteiger partial charge in [0.1, 0.15) is 36.1 Å². The summed E-state index contributed by atoms with van der Waals surface area (Å²) >= 11 is 0. The van der Waals surface area contributed by atoms with E-state index in [4.69, 9.17) is 18.9 Å². The Bertz CT molecular complexity index is 2560. The lowest BCUT2D eigenvalue weighted by atomic mass is 10.1. The van der Waals surface area contributed by atoms with E-state index in [1.807, 2.05) is 26.8 Å². The predicted molar refractivity (Wildman–Crippen MR) is 286 cm³/mol. The van der Waals surface area contributed by atoms with Crippen LogP contribution >= 0.6 is 12.4 Å². The maximum Gasteiger partial charge on any atom is 0.410 e. The number of hydrazone groups is 1. The van der Waals surface area contributed by atoms with Crippen molar-refractivity contribution in [1.82, 2.24) is 34.4 Å². The number of benzene rings is 2. The zero-order chi connectivity index (χ0) is 57.2. The van der Waals surface area contributed by atoms with E-state index in [-0.39, 0.29) is 55.6 Å². The van der Waals surface area contributed by atoms with E-state index in [9.17, 15) is 40.7 Å². The normalized spacial score (nSPS) is 12.4. The molecule has 0 radical (unpaired) electrons. The van der Waals surface area contributed by atoms with E-state index in [2.05, 4.69) is 63.8 Å². The lowest BCUT2D eigenvalue weighted by molar-refractivity contribution is -0.128. The van der Waals surface area contributed by atoms with Crippen molar-refractivity contribution in [3.63, 3.8) is 0 Å². The maximum absolute atomic E-state index is 13.9. The molecule has 0 fully saturated rings. The number of hydrogen-bond acceptors (Lipinski definition) is 10. The van der Waals surface area contributed by atoms with Crippen molar-refractivity contribution in [1.29, 1.82) is 0 Å². The van der Waals surface area contributed by atoms with Crippen molar-refractivity contribution in [3.05, 3.63) is 93.8 Å². The van der Waals surface area contributed by atoms with Crippen molar-refractivity contribution in [2.24, 2.45) is 22.9 Å². The number of ether oxygens (including phenoxy) is 4. The number of carbonyl (C=O) groups is 3. The number of halogens is 7. The molecule has 3 amide bonds. The average molecular weight is 1120 g/mol. The highest BCUT2D eigenvalue weighted by atomic mass is 35.5. The van der Waals surface area contributed by atoms with E-state index in [0.29, 0.717) is 79.2 Å². The van der Waals surface area contributed by atoms with Gasteiger partial charge in [0.2, 0.25) is 17.7 Å². The number of hydrogen-bond donors (Lipinski definition) is 0. The molecule has 1 aliphatic rings. The molecule has 432 valence electrons. The van der Waals surface area contributed by atoms with Crippen LogP contribution in [0.15, 0.2) is 41.5 Å². The lowest BCUT2D eigenvalue weighted by Gasteiger charge is -2.24. The Hall–Kier alpha value is -5.99. The van der Waals surface area contributed by atoms with Crippen LogP contribution in [0, 0.1) is 52.7 Å². The van der Waals surface area contributed by atoms with E-state index < -0.39 is 58.3 Å². The first-order chi connectivity index (χ1) is 35.3. The fraction of sp³-hybridized carbons (Fsp3) is 0.600. The molecule has 3 heterocycles. The fourth-order valence-corrected chi connectivity index (χ4v) is 6.82. The molecule has 77 heavy (non-hydrogen) atoms. The monoisotopic (exact) mass is 1110 g/mol. The van der Waals surface area contributed by atoms with Gasteiger partial charge in [0.15, 0.2) is 23.3 Å². The molecule has 4 aromatic rings. The molecule has 22 heteroatoms. The van der Waals surface area contributed by atoms with Crippen molar-refractivity contribution < 1.29 is 59.7 Å². The number of aryl methyl sites for hydroxylation is 3. The topological polar surface area (TPSA) is 146 Å². The lowest BCUT2D eigenvalue weighted by Crippen LogP contribution is -2.37. The summed E-state index contributed by atoms with van der Waals surface area (Å²) in [5, 5.41) is 14.8. The molecule has 0 saturated carbocycles. The Balaban J connectivity index is 0.000000401. The van der Waals surface area contributed by atoms with Crippen molar-refractivity contribution in [3.8, 4) is 11.8 Å². The summed E-state index contributed by atoms with van der Waals surface area (Å²) in [5.74, 6) is -4.09. The molecular weight excluding hydrogens is 1030 g/mol. The van der Waals surface area contributed by atoms with E-state index in [1.165, 1.54) is 14.8 Å². The molecular formula is C55H81ClF6N8O7. The number of amides is 3. The highest BCUT2D eigenvalue weighted by Gasteiger charge is 2.28. The Morgan fingerprint density at radius 3 is 1.40 bits per heavy atom. The van der Waals surface area contributed by atoms with Gasteiger partial charge < -0.3 is 28.7 Å². The second-order valence-electron chi connectivity index (χ2n) is 22.0. The molecule has 2 aromatic heterocycles. The van der Waals surface area contributed by atoms with Crippen LogP contribution in [0.2, 0.25) is 0 Å². The number of nitrogens with zero attached hydrogens (tertiary/aromatic N) is 8. The second kappa shape index (κ2) is 30.8. The van der Waals surface area contributed by atoms with Gasteiger partial charge in [-0.15, -0.1) is 12.4 Å². The van der Waals surface area contributed by atoms with E-state index in [0.717, 1.165) is 49.9 Å². The van der Waals surface area contributed by atoms with Gasteiger partial charge in [-0.05, 0) is 97.1 Å². The minimum Gasteiger partial charge on any atom is -0.473 e. The van der Waals surface area contributed by atoms with Gasteiger partial charge in [0, 0.05) is 69.1 Å². The Kier molecular flexibility index (Phi) is 26.9. The Morgan fingerprint density at radius 2 is 0.987 bits per heavy atom. The molecule has 1 aliphatic heterocycles. The standard InChI is InChI=1S/C22H30F3N3O3.C18H23F3N2O.C15H27N3O3.ClH/c1-14(2)7-8-28-20(30-13-15-9-18(24)19(25)11-17(15)23)10-16(26-28)12-27(6)21(29)31-22(3,4)5;1-4-5-14-9-18(23(22-14)7-6-12(2)3)24-11-13-8-16(20)17(21)10-15(13)19;1-11(2)7-8-18-13(19)9-12(16-18)10-17(6)14(20)21-15(3,4)5;/h9-11,14H,7-8,12-13H2,1-6H3;8-10,12H,4-7,11H2,1-3H3;11H,7-10H2,1-6H3;1H. The molecule has 0 saturated heterocycles. The zero-order valence-corrected chi connectivity index (χ0v) is 48.3. The molecule has 0 atom stereocenters. The third kappa shape index (κ3) is 24.1. The highest BCUT2D eigenvalue weighted by molar-refractivity contribution is 6.06. The number of rotatable bonds is 21. The summed E-state index contributed by atoms with van der Waals surface area (Å²) in [5.41, 5.74) is 0.884. The van der Waals surface area contributed by atoms with Crippen LogP contribution in [0.4, 0.5) is 35.9 Å². The minimum absolute atomic E-state index is 0. The van der Waals surface area contributed by atoms with Crippen LogP contribution in [0.5, 0.6) is 11.8 Å². The summed E-state index contributed by atoms with van der Waals surface area (Å²) in [7, 11) is 3.25. The van der Waals surface area contributed by atoms with Gasteiger partial charge >= 0.3 is 12.2 Å². The smallest absolute Gasteiger partial charge is 0.410 e. The van der Waals surface area contributed by atoms with Crippen LogP contribution in [0.25, 0.3) is 0 Å². The highest BCUT2D eigenvalue weighted by Crippen LogP contribution is 2.24. The van der Waals surface area contributed by atoms with Crippen LogP contribution < -0.4 is 9.47 Å². The van der Waals surface area contributed by atoms with Crippen LogP contribution in [-0.2, 0) is 53.5 Å². The third-order valence-electron chi connectivity index (χ3n) is 10.9. The molecule has 0 spiro atoms. The van der Waals surface area contributed by atoms with Gasteiger partial charge in [-0.25, -0.2) is 50.3 Å². The van der Waals surface area contributed by atoms with Gasteiger partial charge in [-0.3, -0.25) is 4.79 Å². The minimum atomic E-state index is -1.25. The van der Waals surface area contributed by atoms with E-state index >= 15 is 0 Å². The van der Waals surface area contributed by atoms with Gasteiger partial charge in [-0.1, -0.05) is 54.9 Å².